The third kappa shape index (κ3) is 4.51. The van der Waals surface area contributed by atoms with Gasteiger partial charge in [0.25, 0.3) is 0 Å². The molecule has 5 nitrogen and oxygen atoms in total. The molecule has 2 N–H and O–H groups in total. The summed E-state index contributed by atoms with van der Waals surface area (Å²) in [4.78, 5) is 12.3. The number of carbonyl (C=O) groups is 1. The summed E-state index contributed by atoms with van der Waals surface area (Å²) >= 11 is 0. The van der Waals surface area contributed by atoms with Gasteiger partial charge in [-0.1, -0.05) is 12.1 Å². The first kappa shape index (κ1) is 16.8. The lowest BCUT2D eigenvalue weighted by molar-refractivity contribution is -0.120. The Bertz CT molecular complexity index is 759. The predicted molar refractivity (Wildman–Crippen MR) is 96.2 cm³/mol. The number of methoxy groups -OCH3 is 1. The molecule has 25 heavy (non-hydrogen) atoms. The van der Waals surface area contributed by atoms with Gasteiger partial charge in [0.1, 0.15) is 5.75 Å². The van der Waals surface area contributed by atoms with E-state index < -0.39 is 0 Å². The summed E-state index contributed by atoms with van der Waals surface area (Å²) in [6.45, 7) is 0.200. The van der Waals surface area contributed by atoms with Crippen LogP contribution in [-0.4, -0.2) is 19.6 Å². The molecule has 0 heterocycles. The fourth-order valence-corrected chi connectivity index (χ4v) is 2.78. The highest BCUT2D eigenvalue weighted by Crippen LogP contribution is 2.41. The van der Waals surface area contributed by atoms with Gasteiger partial charge in [-0.2, -0.15) is 5.26 Å². The highest BCUT2D eigenvalue weighted by atomic mass is 16.5. The monoisotopic (exact) mass is 335 g/mol. The van der Waals surface area contributed by atoms with E-state index in [1.54, 1.807) is 31.4 Å². The van der Waals surface area contributed by atoms with Gasteiger partial charge in [0, 0.05) is 5.69 Å². The quantitative estimate of drug-likeness (QED) is 0.814. The van der Waals surface area contributed by atoms with E-state index in [2.05, 4.69) is 16.7 Å². The molecule has 1 saturated carbocycles. The van der Waals surface area contributed by atoms with Crippen molar-refractivity contribution in [2.75, 3.05) is 19.0 Å². The molecule has 0 radical (unpaired) electrons. The molecule has 1 aliphatic carbocycles. The number of benzene rings is 2. The Labute approximate surface area is 147 Å². The van der Waals surface area contributed by atoms with Crippen molar-refractivity contribution in [3.8, 4) is 11.8 Å². The number of amides is 1. The molecule has 0 saturated heterocycles. The number of hydrogen-bond donors (Lipinski definition) is 2. The molecule has 1 unspecified atom stereocenters. The molecule has 1 fully saturated rings. The molecule has 1 aliphatic rings. The Morgan fingerprint density at radius 1 is 1.20 bits per heavy atom. The summed E-state index contributed by atoms with van der Waals surface area (Å²) in [7, 11) is 1.64. The van der Waals surface area contributed by atoms with Crippen LogP contribution in [0.15, 0.2) is 48.5 Å². The van der Waals surface area contributed by atoms with Gasteiger partial charge >= 0.3 is 0 Å². The highest BCUT2D eigenvalue weighted by molar-refractivity contribution is 5.81. The van der Waals surface area contributed by atoms with Crippen LogP contribution in [0.4, 0.5) is 5.69 Å². The Morgan fingerprint density at radius 3 is 2.44 bits per heavy atom. The van der Waals surface area contributed by atoms with Crippen LogP contribution in [-0.2, 0) is 4.79 Å². The van der Waals surface area contributed by atoms with Gasteiger partial charge in [-0.15, -0.1) is 0 Å². The summed E-state index contributed by atoms with van der Waals surface area (Å²) in [6.07, 6.45) is 2.28. The van der Waals surface area contributed by atoms with Gasteiger partial charge in [-0.05, 0) is 60.7 Å². The number of carbonyl (C=O) groups excluding carboxylic acids is 1. The van der Waals surface area contributed by atoms with E-state index in [1.165, 1.54) is 0 Å². The van der Waals surface area contributed by atoms with Crippen LogP contribution in [0.25, 0.3) is 0 Å². The molecule has 0 bridgehead atoms. The minimum Gasteiger partial charge on any atom is -0.497 e. The summed E-state index contributed by atoms with van der Waals surface area (Å²) < 4.78 is 5.19. The molecule has 3 rings (SSSR count). The van der Waals surface area contributed by atoms with E-state index in [9.17, 15) is 4.79 Å². The minimum atomic E-state index is -0.0444. The van der Waals surface area contributed by atoms with Gasteiger partial charge in [0.05, 0.1) is 31.3 Å². The van der Waals surface area contributed by atoms with E-state index >= 15 is 0 Å². The normalized spacial score (nSPS) is 14.2. The van der Waals surface area contributed by atoms with Crippen LogP contribution < -0.4 is 15.4 Å². The molecule has 5 heteroatoms. The molecule has 1 atom stereocenters. The van der Waals surface area contributed by atoms with Gasteiger partial charge in [0.2, 0.25) is 5.91 Å². The zero-order valence-electron chi connectivity index (χ0n) is 14.2. The Hall–Kier alpha value is -3.00. The van der Waals surface area contributed by atoms with Crippen LogP contribution in [0.2, 0.25) is 0 Å². The second-order valence-corrected chi connectivity index (χ2v) is 6.20. The largest absolute Gasteiger partial charge is 0.497 e. The Morgan fingerprint density at radius 2 is 1.88 bits per heavy atom. The molecule has 0 aliphatic heterocycles. The molecular weight excluding hydrogens is 314 g/mol. The number of hydrogen-bond acceptors (Lipinski definition) is 4. The lowest BCUT2D eigenvalue weighted by Gasteiger charge is -2.19. The molecule has 2 aromatic rings. The smallest absolute Gasteiger partial charge is 0.239 e. The molecule has 2 aromatic carbocycles. The number of anilines is 1. The average molecular weight is 335 g/mol. The van der Waals surface area contributed by atoms with Crippen molar-refractivity contribution >= 4 is 11.6 Å². The number of nitriles is 1. The Kier molecular flexibility index (Phi) is 5.20. The fourth-order valence-electron chi connectivity index (χ4n) is 2.78. The van der Waals surface area contributed by atoms with Crippen molar-refractivity contribution in [3.63, 3.8) is 0 Å². The molecule has 0 spiro atoms. The lowest BCUT2D eigenvalue weighted by atomic mass is 10.0. The first-order valence-electron chi connectivity index (χ1n) is 8.37. The topological polar surface area (TPSA) is 74.2 Å². The Balaban J connectivity index is 1.58. The van der Waals surface area contributed by atoms with Crippen molar-refractivity contribution in [1.82, 2.24) is 5.32 Å². The van der Waals surface area contributed by atoms with E-state index in [-0.39, 0.29) is 18.5 Å². The van der Waals surface area contributed by atoms with Crippen LogP contribution >= 0.6 is 0 Å². The van der Waals surface area contributed by atoms with Gasteiger partial charge in [-0.3, -0.25) is 4.79 Å². The third-order valence-corrected chi connectivity index (χ3v) is 4.35. The summed E-state index contributed by atoms with van der Waals surface area (Å²) in [5, 5.41) is 15.0. The van der Waals surface area contributed by atoms with Crippen LogP contribution in [0.3, 0.4) is 0 Å². The summed E-state index contributed by atoms with van der Waals surface area (Å²) in [6, 6.07) is 17.0. The molecule has 0 aromatic heterocycles. The van der Waals surface area contributed by atoms with E-state index in [1.807, 2.05) is 24.3 Å². The maximum atomic E-state index is 12.3. The SMILES string of the molecule is COc1ccc(C(NC(=O)CNc2ccc(C#N)cc2)C2CC2)cc1. The molecular formula is C20H21N3O2. The second kappa shape index (κ2) is 7.71. The zero-order valence-corrected chi connectivity index (χ0v) is 14.2. The van der Waals surface area contributed by atoms with Crippen molar-refractivity contribution in [3.05, 3.63) is 59.7 Å². The highest BCUT2D eigenvalue weighted by Gasteiger charge is 2.33. The number of nitrogens with one attached hydrogen (secondary N) is 2. The van der Waals surface area contributed by atoms with E-state index in [0.717, 1.165) is 29.8 Å². The first-order valence-corrected chi connectivity index (χ1v) is 8.37. The van der Waals surface area contributed by atoms with Crippen molar-refractivity contribution < 1.29 is 9.53 Å². The fraction of sp³-hybridized carbons (Fsp3) is 0.300. The number of ether oxygens (including phenoxy) is 1. The van der Waals surface area contributed by atoms with Crippen LogP contribution in [0.1, 0.15) is 30.0 Å². The van der Waals surface area contributed by atoms with E-state index in [0.29, 0.717) is 11.5 Å². The minimum absolute atomic E-state index is 0.0428. The zero-order chi connectivity index (χ0) is 17.6. The average Bonchev–Trinajstić information content (AvgIpc) is 3.50. The lowest BCUT2D eigenvalue weighted by Crippen LogP contribution is -2.34. The first-order chi connectivity index (χ1) is 12.2. The maximum absolute atomic E-state index is 12.3. The number of nitrogens with zero attached hydrogens (tertiary/aromatic N) is 1. The molecule has 1 amide bonds. The van der Waals surface area contributed by atoms with Crippen molar-refractivity contribution in [1.29, 1.82) is 5.26 Å². The summed E-state index contributed by atoms with van der Waals surface area (Å²) in [5.41, 5.74) is 2.53. The number of rotatable bonds is 7. The van der Waals surface area contributed by atoms with E-state index in [4.69, 9.17) is 10.00 Å². The van der Waals surface area contributed by atoms with Crippen molar-refractivity contribution in [2.24, 2.45) is 5.92 Å². The van der Waals surface area contributed by atoms with Gasteiger partial charge in [-0.25, -0.2) is 0 Å². The predicted octanol–water partition coefficient (Wildman–Crippen LogP) is 3.25. The third-order valence-electron chi connectivity index (χ3n) is 4.35. The van der Waals surface area contributed by atoms with Crippen molar-refractivity contribution in [2.45, 2.75) is 18.9 Å². The van der Waals surface area contributed by atoms with Gasteiger partial charge in [0.15, 0.2) is 0 Å². The second-order valence-electron chi connectivity index (χ2n) is 6.20. The van der Waals surface area contributed by atoms with Crippen LogP contribution in [0.5, 0.6) is 5.75 Å². The maximum Gasteiger partial charge on any atom is 0.239 e. The van der Waals surface area contributed by atoms with Gasteiger partial charge < -0.3 is 15.4 Å². The standard InChI is InChI=1S/C20H21N3O2/c1-25-18-10-6-16(7-11-18)20(15-4-5-15)23-19(24)13-22-17-8-2-14(12-21)3-9-17/h2-3,6-11,15,20,22H,4-5,13H2,1H3,(H,23,24). The molecule has 128 valence electrons. The van der Waals surface area contributed by atoms with Crippen LogP contribution in [0, 0.1) is 17.2 Å². The summed E-state index contributed by atoms with van der Waals surface area (Å²) in [5.74, 6) is 1.27.